The van der Waals surface area contributed by atoms with E-state index in [1.165, 1.54) is 11.0 Å². The van der Waals surface area contributed by atoms with E-state index in [-0.39, 0.29) is 30.3 Å². The Labute approximate surface area is 122 Å². The first-order valence-corrected chi connectivity index (χ1v) is 7.71. The summed E-state index contributed by atoms with van der Waals surface area (Å²) in [5.41, 5.74) is 0.365. The molecule has 1 aliphatic heterocycles. The van der Waals surface area contributed by atoms with Crippen molar-refractivity contribution in [3.05, 3.63) is 24.3 Å². The lowest BCUT2D eigenvalue weighted by Gasteiger charge is -2.24. The largest absolute Gasteiger partial charge is 0.466 e. The van der Waals surface area contributed by atoms with E-state index in [0.717, 1.165) is 6.34 Å². The van der Waals surface area contributed by atoms with E-state index in [4.69, 9.17) is 4.74 Å². The molecule has 0 radical (unpaired) electrons. The van der Waals surface area contributed by atoms with Gasteiger partial charge in [0.05, 0.1) is 18.8 Å². The fourth-order valence-electron chi connectivity index (χ4n) is 1.90. The number of para-hydroxylation sites is 1. The predicted molar refractivity (Wildman–Crippen MR) is 75.7 cm³/mol. The van der Waals surface area contributed by atoms with Gasteiger partial charge in [0, 0.05) is 0 Å². The van der Waals surface area contributed by atoms with Gasteiger partial charge in [0.2, 0.25) is 0 Å². The second-order valence-corrected chi connectivity index (χ2v) is 5.91. The van der Waals surface area contributed by atoms with E-state index in [0.29, 0.717) is 5.69 Å². The van der Waals surface area contributed by atoms with Crippen molar-refractivity contribution in [3.63, 3.8) is 0 Å². The maximum atomic E-state index is 11.8. The smallest absolute Gasteiger partial charge is 0.313 e. The molecule has 0 amide bonds. The van der Waals surface area contributed by atoms with Gasteiger partial charge in [-0.2, -0.15) is 8.42 Å². The van der Waals surface area contributed by atoms with Gasteiger partial charge >= 0.3 is 5.97 Å². The number of sulfonamides is 1. The van der Waals surface area contributed by atoms with Gasteiger partial charge in [0.25, 0.3) is 10.0 Å². The summed E-state index contributed by atoms with van der Waals surface area (Å²) < 4.78 is 31.7. The molecule has 7 nitrogen and oxygen atoms in total. The number of carbonyl (C=O) groups is 2. The minimum Gasteiger partial charge on any atom is -0.466 e. The van der Waals surface area contributed by atoms with E-state index in [9.17, 15) is 18.0 Å². The molecule has 21 heavy (non-hydrogen) atoms. The van der Waals surface area contributed by atoms with Gasteiger partial charge in [0.1, 0.15) is 17.7 Å². The molecule has 8 heteroatoms. The Morgan fingerprint density at radius 1 is 1.29 bits per heavy atom. The average molecular weight is 310 g/mol. The van der Waals surface area contributed by atoms with Crippen LogP contribution in [0.15, 0.2) is 33.6 Å². The Hall–Kier alpha value is -2.22. The van der Waals surface area contributed by atoms with Crippen LogP contribution in [0.1, 0.15) is 13.3 Å². The monoisotopic (exact) mass is 310 g/mol. The Morgan fingerprint density at radius 2 is 2.00 bits per heavy atom. The van der Waals surface area contributed by atoms with Crippen molar-refractivity contribution in [1.82, 2.24) is 0 Å². The molecule has 0 saturated carbocycles. The van der Waals surface area contributed by atoms with Gasteiger partial charge in [0.15, 0.2) is 5.78 Å². The van der Waals surface area contributed by atoms with Crippen molar-refractivity contribution < 1.29 is 22.7 Å². The quantitative estimate of drug-likeness (QED) is 0.588. The molecule has 0 N–H and O–H groups in total. The molecule has 0 atom stereocenters. The minimum atomic E-state index is -3.72. The summed E-state index contributed by atoms with van der Waals surface area (Å²) in [6, 6.07) is 6.24. The zero-order chi connectivity index (χ0) is 15.5. The Bertz CT molecular complexity index is 696. The Balaban J connectivity index is 2.16. The third kappa shape index (κ3) is 3.46. The van der Waals surface area contributed by atoms with Crippen LogP contribution in [0.3, 0.4) is 0 Å². The highest BCUT2D eigenvalue weighted by Gasteiger charge is 2.26. The molecule has 0 bridgehead atoms. The Morgan fingerprint density at radius 3 is 2.71 bits per heavy atom. The fraction of sp³-hybridized carbons (Fsp3) is 0.308. The number of fused-ring (bicyclic) bond motifs is 1. The van der Waals surface area contributed by atoms with Crippen LogP contribution in [-0.4, -0.2) is 39.7 Å². The molecule has 112 valence electrons. The number of nitrogens with zero attached hydrogens (tertiary/aromatic N) is 2. The number of esters is 1. The number of benzene rings is 1. The maximum absolute atomic E-state index is 11.8. The van der Waals surface area contributed by atoms with Crippen LogP contribution in [0.25, 0.3) is 0 Å². The molecule has 0 aromatic heterocycles. The van der Waals surface area contributed by atoms with E-state index in [1.807, 2.05) is 0 Å². The number of rotatable bonds is 5. The average Bonchev–Trinajstić information content (AvgIpc) is 2.42. The number of carbonyl (C=O) groups excluding carboxylic acids is 2. The summed E-state index contributed by atoms with van der Waals surface area (Å²) in [5.74, 6) is -0.980. The number of anilines is 1. The minimum absolute atomic E-state index is 0.0384. The zero-order valence-corrected chi connectivity index (χ0v) is 12.2. The summed E-state index contributed by atoms with van der Waals surface area (Å²) in [6.45, 7) is 1.72. The van der Waals surface area contributed by atoms with Crippen molar-refractivity contribution in [2.75, 3.05) is 18.1 Å². The topological polar surface area (TPSA) is 93.1 Å². The van der Waals surface area contributed by atoms with E-state index in [1.54, 1.807) is 25.1 Å². The first-order valence-electron chi connectivity index (χ1n) is 6.27. The third-order valence-electron chi connectivity index (χ3n) is 2.77. The Kier molecular flexibility index (Phi) is 4.37. The standard InChI is InChI=1S/C13H14N2O5S/c1-2-20-13(17)7-10(16)8-15-9-14-21(18,19)12-6-4-3-5-11(12)15/h3-6,9H,2,7-8H2,1H3. The highest BCUT2D eigenvalue weighted by atomic mass is 32.2. The molecule has 0 spiro atoms. The maximum Gasteiger partial charge on any atom is 0.313 e. The molecule has 1 aromatic carbocycles. The van der Waals surface area contributed by atoms with Crippen molar-refractivity contribution in [1.29, 1.82) is 0 Å². The molecule has 1 heterocycles. The van der Waals surface area contributed by atoms with Gasteiger partial charge in [-0.15, -0.1) is 4.40 Å². The van der Waals surface area contributed by atoms with Gasteiger partial charge < -0.3 is 9.64 Å². The van der Waals surface area contributed by atoms with E-state index < -0.39 is 16.0 Å². The number of Topliss-reactive ketones (excluding diaryl/α,β-unsaturated/α-hetero) is 1. The summed E-state index contributed by atoms with van der Waals surface area (Å²) >= 11 is 0. The first-order chi connectivity index (χ1) is 9.94. The summed E-state index contributed by atoms with van der Waals surface area (Å²) in [5, 5.41) is 0. The van der Waals surface area contributed by atoms with Crippen LogP contribution >= 0.6 is 0 Å². The molecule has 0 aliphatic carbocycles. The van der Waals surface area contributed by atoms with Gasteiger partial charge in [-0.1, -0.05) is 12.1 Å². The molecule has 0 fully saturated rings. The second kappa shape index (κ2) is 6.04. The number of hydrogen-bond donors (Lipinski definition) is 0. The van der Waals surface area contributed by atoms with E-state index in [2.05, 4.69) is 4.40 Å². The van der Waals surface area contributed by atoms with Crippen LogP contribution in [0.4, 0.5) is 5.69 Å². The highest BCUT2D eigenvalue weighted by molar-refractivity contribution is 7.90. The van der Waals surface area contributed by atoms with Gasteiger partial charge in [-0.3, -0.25) is 9.59 Å². The summed E-state index contributed by atoms with van der Waals surface area (Å²) in [6.07, 6.45) is 0.730. The normalized spacial score (nSPS) is 15.4. The second-order valence-electron chi connectivity index (χ2n) is 4.31. The molecular weight excluding hydrogens is 296 g/mol. The number of ether oxygens (including phenoxy) is 1. The lowest BCUT2D eigenvalue weighted by Crippen LogP contribution is -2.33. The summed E-state index contributed by atoms with van der Waals surface area (Å²) in [4.78, 5) is 24.5. The molecular formula is C13H14N2O5S. The lowest BCUT2D eigenvalue weighted by molar-refractivity contribution is -0.145. The lowest BCUT2D eigenvalue weighted by atomic mass is 10.2. The zero-order valence-electron chi connectivity index (χ0n) is 11.4. The van der Waals surface area contributed by atoms with Gasteiger partial charge in [-0.25, -0.2) is 0 Å². The predicted octanol–water partition coefficient (Wildman–Crippen LogP) is 0.746. The molecule has 1 aliphatic rings. The van der Waals surface area contributed by atoms with Crippen LogP contribution in [-0.2, 0) is 24.3 Å². The van der Waals surface area contributed by atoms with Crippen molar-refractivity contribution in [3.8, 4) is 0 Å². The first kappa shape index (κ1) is 15.2. The van der Waals surface area contributed by atoms with Gasteiger partial charge in [-0.05, 0) is 19.1 Å². The van der Waals surface area contributed by atoms with Crippen molar-refractivity contribution >= 4 is 33.8 Å². The number of hydrogen-bond acceptors (Lipinski definition) is 6. The van der Waals surface area contributed by atoms with Crippen molar-refractivity contribution in [2.24, 2.45) is 4.40 Å². The fourth-order valence-corrected chi connectivity index (χ4v) is 2.95. The van der Waals surface area contributed by atoms with E-state index >= 15 is 0 Å². The SMILES string of the molecule is CCOC(=O)CC(=O)CN1C=NS(=O)(=O)c2ccccc21. The van der Waals surface area contributed by atoms with Crippen LogP contribution < -0.4 is 4.90 Å². The number of ketones is 1. The molecule has 0 saturated heterocycles. The highest BCUT2D eigenvalue weighted by Crippen LogP contribution is 2.28. The summed E-state index contributed by atoms with van der Waals surface area (Å²) in [7, 11) is -3.72. The van der Waals surface area contributed by atoms with Crippen molar-refractivity contribution in [2.45, 2.75) is 18.2 Å². The molecule has 1 aromatic rings. The molecule has 0 unspecified atom stereocenters. The van der Waals surface area contributed by atoms with Crippen LogP contribution in [0.5, 0.6) is 0 Å². The van der Waals surface area contributed by atoms with Crippen LogP contribution in [0, 0.1) is 0 Å². The molecule has 2 rings (SSSR count). The third-order valence-corrected chi connectivity index (χ3v) is 4.04. The van der Waals surface area contributed by atoms with Crippen LogP contribution in [0.2, 0.25) is 0 Å².